The third-order valence-electron chi connectivity index (χ3n) is 4.44. The molecule has 28 heavy (non-hydrogen) atoms. The van der Waals surface area contributed by atoms with Gasteiger partial charge in [0.05, 0.1) is 10.8 Å². The summed E-state index contributed by atoms with van der Waals surface area (Å²) in [5.41, 5.74) is 6.43. The summed E-state index contributed by atoms with van der Waals surface area (Å²) in [6, 6.07) is 9.33. The summed E-state index contributed by atoms with van der Waals surface area (Å²) in [6.07, 6.45) is 2.48. The molecule has 8 nitrogen and oxygen atoms in total. The molecule has 2 heterocycles. The monoisotopic (exact) mass is 400 g/mol. The number of anilines is 1. The Morgan fingerprint density at radius 3 is 2.71 bits per heavy atom. The second-order valence-electron chi connectivity index (χ2n) is 6.54. The Bertz CT molecular complexity index is 906. The van der Waals surface area contributed by atoms with Crippen molar-refractivity contribution in [3.05, 3.63) is 68.5 Å². The highest BCUT2D eigenvalue weighted by molar-refractivity contribution is 6.37. The lowest BCUT2D eigenvalue weighted by molar-refractivity contribution is -0.346. The van der Waals surface area contributed by atoms with E-state index in [1.165, 1.54) is 0 Å². The number of amidine groups is 2. The van der Waals surface area contributed by atoms with Crippen molar-refractivity contribution in [2.24, 2.45) is 10.1 Å². The summed E-state index contributed by atoms with van der Waals surface area (Å²) >= 11 is 5.83. The van der Waals surface area contributed by atoms with Crippen LogP contribution in [0.25, 0.3) is 0 Å². The molecule has 1 aliphatic heterocycles. The smallest absolute Gasteiger partial charge is 0.358 e. The second kappa shape index (κ2) is 8.79. The predicted molar refractivity (Wildman–Crippen MR) is 111 cm³/mol. The minimum Gasteiger partial charge on any atom is -0.358 e. The van der Waals surface area contributed by atoms with Gasteiger partial charge in [0.1, 0.15) is 5.15 Å². The highest BCUT2D eigenvalue weighted by Gasteiger charge is 2.30. The number of pyridine rings is 1. The zero-order valence-electron chi connectivity index (χ0n) is 15.7. The lowest BCUT2D eigenvalue weighted by Gasteiger charge is -2.27. The Morgan fingerprint density at radius 2 is 2.07 bits per heavy atom. The Hall–Kier alpha value is -3.00. The van der Waals surface area contributed by atoms with E-state index in [2.05, 4.69) is 20.5 Å². The van der Waals surface area contributed by atoms with Crippen LogP contribution in [-0.2, 0) is 6.54 Å². The van der Waals surface area contributed by atoms with Crippen molar-refractivity contribution in [1.82, 2.24) is 9.88 Å². The fourth-order valence-electron chi connectivity index (χ4n) is 3.01. The Kier molecular flexibility index (Phi) is 6.20. The first kappa shape index (κ1) is 19.8. The number of nitro groups is 1. The maximum atomic E-state index is 11.7. The molecule has 0 bridgehead atoms. The molecular weight excluding hydrogens is 380 g/mol. The highest BCUT2D eigenvalue weighted by atomic mass is 35.5. The fourth-order valence-corrected chi connectivity index (χ4v) is 3.12. The van der Waals surface area contributed by atoms with Crippen LogP contribution in [0.4, 0.5) is 5.69 Å². The number of halogens is 1. The third kappa shape index (κ3) is 4.64. The van der Waals surface area contributed by atoms with Crippen LogP contribution in [0.3, 0.4) is 0 Å². The van der Waals surface area contributed by atoms with Crippen molar-refractivity contribution >= 4 is 29.0 Å². The summed E-state index contributed by atoms with van der Waals surface area (Å²) in [5.74, 6) is -0.0331. The molecule has 0 amide bonds. The molecule has 1 aromatic heterocycles. The number of hydrogen-bond acceptors (Lipinski definition) is 7. The van der Waals surface area contributed by atoms with Gasteiger partial charge in [-0.25, -0.2) is 4.98 Å². The molecule has 1 aromatic carbocycles. The molecule has 0 aliphatic carbocycles. The number of aliphatic imine (C=N–C) groups is 1. The van der Waals surface area contributed by atoms with E-state index in [0.29, 0.717) is 24.8 Å². The van der Waals surface area contributed by atoms with E-state index in [-0.39, 0.29) is 11.7 Å². The van der Waals surface area contributed by atoms with E-state index in [4.69, 9.17) is 11.6 Å². The van der Waals surface area contributed by atoms with Crippen molar-refractivity contribution in [3.63, 3.8) is 0 Å². The van der Waals surface area contributed by atoms with E-state index in [0.717, 1.165) is 28.8 Å². The van der Waals surface area contributed by atoms with E-state index in [1.54, 1.807) is 12.3 Å². The largest absolute Gasteiger partial charge is 0.430 e. The molecule has 1 aliphatic rings. The van der Waals surface area contributed by atoms with E-state index < -0.39 is 4.92 Å². The number of hydrogen-bond donors (Lipinski definition) is 1. The van der Waals surface area contributed by atoms with Gasteiger partial charge in [-0.3, -0.25) is 4.99 Å². The quantitative estimate of drug-likeness (QED) is 0.271. The average molecular weight is 401 g/mol. The zero-order chi connectivity index (χ0) is 20.1. The first-order chi connectivity index (χ1) is 13.5. The second-order valence-corrected chi connectivity index (χ2v) is 6.93. The lowest BCUT2D eigenvalue weighted by atomic mass is 10.1. The van der Waals surface area contributed by atoms with Crippen LogP contribution in [0, 0.1) is 24.0 Å². The standard InChI is InChI=1S/C19H21ClN6O2/c1-13-5-3-6-14(2)17(13)23-24-19(26(27)28)18-21-9-4-10-25(18)12-15-7-8-16(20)22-11-15/h3,5-8,11,23H,4,9-10,12H2,1-2H3. The number of aromatic nitrogens is 1. The normalized spacial score (nSPS) is 14.6. The first-order valence-electron chi connectivity index (χ1n) is 8.90. The maximum Gasteiger partial charge on any atom is 0.430 e. The van der Waals surface area contributed by atoms with Crippen LogP contribution >= 0.6 is 11.6 Å². The third-order valence-corrected chi connectivity index (χ3v) is 4.66. The van der Waals surface area contributed by atoms with Gasteiger partial charge in [0.25, 0.3) is 0 Å². The summed E-state index contributed by atoms with van der Waals surface area (Å²) in [5, 5.41) is 16.2. The summed E-state index contributed by atoms with van der Waals surface area (Å²) in [7, 11) is 0. The first-order valence-corrected chi connectivity index (χ1v) is 9.28. The van der Waals surface area contributed by atoms with Crippen LogP contribution in [-0.4, -0.2) is 39.6 Å². The van der Waals surface area contributed by atoms with Gasteiger partial charge in [-0.05, 0) is 47.9 Å². The molecule has 146 valence electrons. The molecule has 2 aromatic rings. The molecule has 0 unspecified atom stereocenters. The minimum atomic E-state index is -0.502. The summed E-state index contributed by atoms with van der Waals surface area (Å²) in [6.45, 7) is 5.47. The number of hydrazone groups is 1. The van der Waals surface area contributed by atoms with Crippen molar-refractivity contribution in [3.8, 4) is 0 Å². The predicted octanol–water partition coefficient (Wildman–Crippen LogP) is 3.66. The molecule has 0 radical (unpaired) electrons. The average Bonchev–Trinajstić information content (AvgIpc) is 2.67. The number of aryl methyl sites for hydroxylation is 2. The van der Waals surface area contributed by atoms with Gasteiger partial charge in [-0.2, -0.15) is 5.43 Å². The molecule has 9 heteroatoms. The molecule has 0 fully saturated rings. The number of para-hydroxylation sites is 1. The van der Waals surface area contributed by atoms with Gasteiger partial charge < -0.3 is 15.0 Å². The summed E-state index contributed by atoms with van der Waals surface area (Å²) in [4.78, 5) is 21.5. The topological polar surface area (TPSA) is 96.0 Å². The van der Waals surface area contributed by atoms with Gasteiger partial charge in [-0.15, -0.1) is 0 Å². The maximum absolute atomic E-state index is 11.7. The lowest BCUT2D eigenvalue weighted by Crippen LogP contribution is -2.43. The van der Waals surface area contributed by atoms with Crippen molar-refractivity contribution in [2.75, 3.05) is 18.5 Å². The van der Waals surface area contributed by atoms with E-state index >= 15 is 0 Å². The fraction of sp³-hybridized carbons (Fsp3) is 0.316. The van der Waals surface area contributed by atoms with Crippen LogP contribution in [0.2, 0.25) is 5.15 Å². The van der Waals surface area contributed by atoms with E-state index in [9.17, 15) is 10.1 Å². The molecule has 1 N–H and O–H groups in total. The number of rotatable bonds is 5. The molecule has 0 spiro atoms. The van der Waals surface area contributed by atoms with Gasteiger partial charge in [0.2, 0.25) is 5.84 Å². The van der Waals surface area contributed by atoms with Crippen LogP contribution in [0.5, 0.6) is 0 Å². The Balaban J connectivity index is 1.87. The molecule has 0 atom stereocenters. The molecular formula is C19H21ClN6O2. The molecule has 0 saturated carbocycles. The zero-order valence-corrected chi connectivity index (χ0v) is 16.5. The SMILES string of the molecule is Cc1cccc(C)c1NN=C(C1=NCCCN1Cc1ccc(Cl)nc1)[N+](=O)[O-]. The van der Waals surface area contributed by atoms with Crippen LogP contribution < -0.4 is 5.43 Å². The summed E-state index contributed by atoms with van der Waals surface area (Å²) < 4.78 is 0. The van der Waals surface area contributed by atoms with Crippen molar-refractivity contribution < 1.29 is 4.92 Å². The number of nitrogens with one attached hydrogen (secondary N) is 1. The Labute approximate surface area is 168 Å². The van der Waals surface area contributed by atoms with Gasteiger partial charge in [0.15, 0.2) is 0 Å². The van der Waals surface area contributed by atoms with Gasteiger partial charge in [0, 0.05) is 25.8 Å². The molecule has 3 rings (SSSR count). The number of nitrogens with zero attached hydrogens (tertiary/aromatic N) is 5. The number of benzene rings is 1. The van der Waals surface area contributed by atoms with Gasteiger partial charge in [-0.1, -0.05) is 35.9 Å². The molecule has 0 saturated heterocycles. The highest BCUT2D eigenvalue weighted by Crippen LogP contribution is 2.20. The van der Waals surface area contributed by atoms with Gasteiger partial charge >= 0.3 is 5.84 Å². The van der Waals surface area contributed by atoms with Crippen molar-refractivity contribution in [1.29, 1.82) is 0 Å². The van der Waals surface area contributed by atoms with Crippen LogP contribution in [0.1, 0.15) is 23.1 Å². The van der Waals surface area contributed by atoms with Crippen LogP contribution in [0.15, 0.2) is 46.6 Å². The van der Waals surface area contributed by atoms with Crippen molar-refractivity contribution in [2.45, 2.75) is 26.8 Å². The Morgan fingerprint density at radius 1 is 1.32 bits per heavy atom. The minimum absolute atomic E-state index is 0.268. The van der Waals surface area contributed by atoms with E-state index in [1.807, 2.05) is 43.0 Å².